The number of aromatic nitrogens is 2. The van der Waals surface area contributed by atoms with E-state index < -0.39 is 5.97 Å². The van der Waals surface area contributed by atoms with Crippen LogP contribution < -0.4 is 18.9 Å². The van der Waals surface area contributed by atoms with Gasteiger partial charge in [-0.3, -0.25) is 0 Å². The lowest BCUT2D eigenvalue weighted by molar-refractivity contribution is 0.0595. The van der Waals surface area contributed by atoms with Crippen LogP contribution in [0.15, 0.2) is 102 Å². The number of benzene rings is 6. The Labute approximate surface area is 788 Å². The number of aryl methyl sites for hydroxylation is 6. The smallest absolute Gasteiger partial charge is 0.341 e. The molecule has 6 aliphatic rings. The summed E-state index contributed by atoms with van der Waals surface area (Å²) in [4.78, 5) is 28.7. The van der Waals surface area contributed by atoms with E-state index in [9.17, 15) is 30.0 Å². The Bertz CT molecular complexity index is 4700. The van der Waals surface area contributed by atoms with E-state index in [0.29, 0.717) is 117 Å². The molecule has 0 saturated carbocycles. The number of carboxylic acids is 1. The topological polar surface area (TPSA) is 179 Å². The monoisotopic (exact) mass is 1800 g/mol. The predicted octanol–water partition coefficient (Wildman–Crippen LogP) is 31.0. The molecule has 0 fully saturated rings. The number of nitrogens with zero attached hydrogens (tertiary/aromatic N) is 2. The van der Waals surface area contributed by atoms with E-state index in [2.05, 4.69) is 249 Å². The van der Waals surface area contributed by atoms with E-state index in [0.717, 1.165) is 84.9 Å². The molecule has 0 bridgehead atoms. The van der Waals surface area contributed by atoms with Crippen LogP contribution in [0.4, 0.5) is 0 Å². The number of phenolic OH excluding ortho intramolecular Hbond substituents is 3. The molecule has 0 radical (unpaired) electrons. The lowest BCUT2D eigenvalue weighted by atomic mass is 9.61. The van der Waals surface area contributed by atoms with Gasteiger partial charge < -0.3 is 48.7 Å². The van der Waals surface area contributed by atoms with Crippen LogP contribution in [0, 0.1) is 104 Å². The molecule has 129 heavy (non-hydrogen) atoms. The number of carboxylic acid groups (broad SMARTS) is 1. The number of fused-ring (bicyclic) bond motifs is 6. The summed E-state index contributed by atoms with van der Waals surface area (Å²) in [6.07, 6.45) is 21.3. The summed E-state index contributed by atoms with van der Waals surface area (Å²) in [6, 6.07) is 26.6. The van der Waals surface area contributed by atoms with Gasteiger partial charge in [-0.1, -0.05) is 229 Å². The van der Waals surface area contributed by atoms with E-state index in [4.69, 9.17) is 23.7 Å². The minimum atomic E-state index is -0.919. The zero-order chi connectivity index (χ0) is 95.2. The highest BCUT2D eigenvalue weighted by atomic mass is 32.2. The normalized spacial score (nSPS) is 21.8. The third kappa shape index (κ3) is 26.1. The molecule has 7 aromatic rings. The molecule has 0 spiro atoms. The summed E-state index contributed by atoms with van der Waals surface area (Å²) in [7, 11) is 7.95. The van der Waals surface area contributed by atoms with E-state index in [1.165, 1.54) is 106 Å². The summed E-state index contributed by atoms with van der Waals surface area (Å²) in [6.45, 7) is 69.9. The molecule has 13 nitrogen and oxygen atoms in total. The van der Waals surface area contributed by atoms with Crippen molar-refractivity contribution in [2.75, 3.05) is 41.8 Å². The van der Waals surface area contributed by atoms with Gasteiger partial charge in [-0.15, -0.1) is 11.8 Å². The maximum atomic E-state index is 12.0. The number of hydrogen-bond acceptors (Lipinski definition) is 12. The number of ether oxygens (including phenoxy) is 5. The second-order valence-electron chi connectivity index (χ2n) is 46.6. The Hall–Kier alpha value is -7.58. The number of hydrogen-bond donors (Lipinski definition) is 4. The molecule has 12 atom stereocenters. The predicted molar refractivity (Wildman–Crippen MR) is 544 cm³/mol. The average Bonchev–Trinajstić information content (AvgIpc) is 0.962. The first-order valence-electron chi connectivity index (χ1n) is 48.0. The number of methoxy groups -OCH3 is 5. The fourth-order valence-corrected chi connectivity index (χ4v) is 24.5. The van der Waals surface area contributed by atoms with Gasteiger partial charge in [0.1, 0.15) is 39.9 Å². The fourth-order valence-electron chi connectivity index (χ4n) is 24.0. The SMILES string of the molecule is C.C.CC(C)C1CCc2cc(O)ccc2C1C(C)(C)C.COC(=O)c1cc2c(cc1OC)C(C(C)(C)C)C(C(C)C)CC2.COc1cc2c(cc1-n1ccnc1)CCC(C(C)C)C2C(C)(C)C.COc1cc2c(cc1C(=O)O)CCC(C(C)C)C2C(C)(C)C.COc1cc2c(cc1O)CCC(C(C)C)C2C(C)(C)C.CSc1cc2c(cc1O)CCC(C(C)C)C2C(C)(C)C. The fraction of sp³-hybridized carbons (Fsp3) is 0.643. The van der Waals surface area contributed by atoms with Crippen molar-refractivity contribution in [3.63, 3.8) is 0 Å². The molecule has 4 N–H and O–H groups in total. The van der Waals surface area contributed by atoms with E-state index in [-0.39, 0.29) is 64.6 Å². The third-order valence-corrected chi connectivity index (χ3v) is 30.4. The summed E-state index contributed by atoms with van der Waals surface area (Å²) < 4.78 is 28.8. The van der Waals surface area contributed by atoms with Crippen LogP contribution in [-0.4, -0.2) is 83.7 Å². The van der Waals surface area contributed by atoms with Crippen molar-refractivity contribution in [2.24, 2.45) is 104 Å². The Balaban J connectivity index is 0.000000238. The number of phenols is 3. The molecule has 1 aromatic heterocycles. The number of rotatable bonds is 14. The molecule has 1 heterocycles. The molecule has 14 heteroatoms. The highest BCUT2D eigenvalue weighted by Crippen LogP contribution is 2.58. The second kappa shape index (κ2) is 45.0. The van der Waals surface area contributed by atoms with Crippen molar-refractivity contribution in [1.29, 1.82) is 0 Å². The maximum Gasteiger partial charge on any atom is 0.341 e. The quantitative estimate of drug-likeness (QED) is 0.0598. The second-order valence-corrected chi connectivity index (χ2v) is 47.4. The largest absolute Gasteiger partial charge is 0.508 e. The molecular weight excluding hydrogens is 1620 g/mol. The van der Waals surface area contributed by atoms with Crippen LogP contribution in [0.2, 0.25) is 0 Å². The van der Waals surface area contributed by atoms with Crippen LogP contribution in [-0.2, 0) is 43.3 Å². The zero-order valence-corrected chi connectivity index (χ0v) is 86.4. The van der Waals surface area contributed by atoms with Crippen LogP contribution >= 0.6 is 11.8 Å². The average molecular weight is 1800 g/mol. The van der Waals surface area contributed by atoms with Crippen molar-refractivity contribution in [1.82, 2.24) is 9.55 Å². The highest BCUT2D eigenvalue weighted by Gasteiger charge is 2.46. The number of imidazole rings is 1. The number of esters is 1. The summed E-state index contributed by atoms with van der Waals surface area (Å²) >= 11 is 1.64. The van der Waals surface area contributed by atoms with Gasteiger partial charge in [0.25, 0.3) is 0 Å². The number of aromatic carboxylic acids is 1. The highest BCUT2D eigenvalue weighted by molar-refractivity contribution is 7.98. The number of thioether (sulfide) groups is 1. The molecular formula is C115H178N2O11S. The first-order valence-corrected chi connectivity index (χ1v) is 49.3. The van der Waals surface area contributed by atoms with Gasteiger partial charge in [0.15, 0.2) is 11.5 Å². The first kappa shape index (κ1) is 110. The van der Waals surface area contributed by atoms with Gasteiger partial charge in [0, 0.05) is 17.3 Å². The van der Waals surface area contributed by atoms with Gasteiger partial charge in [0.2, 0.25) is 0 Å². The lowest BCUT2D eigenvalue weighted by Gasteiger charge is -2.44. The summed E-state index contributed by atoms with van der Waals surface area (Å²) in [5.41, 5.74) is 19.5. The van der Waals surface area contributed by atoms with Crippen molar-refractivity contribution >= 4 is 23.7 Å². The van der Waals surface area contributed by atoms with Gasteiger partial charge in [-0.25, -0.2) is 14.6 Å². The molecule has 0 aliphatic heterocycles. The molecule has 0 saturated heterocycles. The van der Waals surface area contributed by atoms with E-state index in [1.807, 2.05) is 72.0 Å². The molecule has 720 valence electrons. The third-order valence-electron chi connectivity index (χ3n) is 29.6. The van der Waals surface area contributed by atoms with Crippen LogP contribution in [0.25, 0.3) is 5.69 Å². The minimum absolute atomic E-state index is 0. The zero-order valence-electron chi connectivity index (χ0n) is 85.6. The Morgan fingerprint density at radius 1 is 0.372 bits per heavy atom. The van der Waals surface area contributed by atoms with E-state index >= 15 is 0 Å². The Morgan fingerprint density at radius 3 is 0.961 bits per heavy atom. The number of carbonyl (C=O) groups excluding carboxylic acids is 1. The van der Waals surface area contributed by atoms with Crippen molar-refractivity contribution in [2.45, 2.75) is 340 Å². The van der Waals surface area contributed by atoms with Gasteiger partial charge in [-0.05, 0) is 362 Å². The van der Waals surface area contributed by atoms with Crippen molar-refractivity contribution in [3.05, 3.63) is 175 Å². The van der Waals surface area contributed by atoms with Crippen LogP contribution in [0.5, 0.6) is 40.2 Å². The van der Waals surface area contributed by atoms with E-state index in [1.54, 1.807) is 40.2 Å². The number of carbonyl (C=O) groups is 2. The van der Waals surface area contributed by atoms with Gasteiger partial charge in [-0.2, -0.15) is 0 Å². The Morgan fingerprint density at radius 2 is 0.659 bits per heavy atom. The summed E-state index contributed by atoms with van der Waals surface area (Å²) in [5, 5.41) is 39.2. The molecule has 12 unspecified atom stereocenters. The minimum Gasteiger partial charge on any atom is -0.508 e. The van der Waals surface area contributed by atoms with Crippen molar-refractivity contribution in [3.8, 4) is 45.9 Å². The molecule has 0 amide bonds. The van der Waals surface area contributed by atoms with Gasteiger partial charge >= 0.3 is 11.9 Å². The molecule has 13 rings (SSSR count). The molecule has 6 aromatic carbocycles. The van der Waals surface area contributed by atoms with Gasteiger partial charge in [0.05, 0.1) is 47.6 Å². The maximum absolute atomic E-state index is 12.0. The van der Waals surface area contributed by atoms with Crippen molar-refractivity contribution < 1.29 is 53.7 Å². The lowest BCUT2D eigenvalue weighted by Crippen LogP contribution is -2.33. The number of aromatic hydroxyl groups is 3. The Kier molecular flexibility index (Phi) is 38.4. The van der Waals surface area contributed by atoms with Crippen LogP contribution in [0.1, 0.15) is 384 Å². The standard InChI is InChI=1S/C21H30N2O.C20H30O3.C19H28O3.C18H28O2.C18H28OS.C17H26O.2CH4/c1-14(2)16-8-7-15-11-18(23-10-9-22-13-23)19(24-6)12-17(15)20(16)21(3,4)5;1-12(2)14-9-8-13-10-16(19(21)23-7)17(22-6)11-15(13)18(14)20(3,4)5;1-11(2)13-8-7-12-9-15(18(20)21)16(22-6)10-14(12)17(13)19(3,4)5;2*1-11(2)13-8-7-12-9-15(19)16(20-6)10-14(12)17(13)18(3,4)5;1-11(2)14-8-6-12-10-13(18)7-9-15(12)16(14)17(3,4)5;;/h9-14,16,20H,7-8H2,1-6H3;10-12,14,18H,8-9H2,1-7H3;9-11,13,17H,7-8H2,1-6H3,(H,20,21);2*9-11,13,17,19H,7-8H2,1-6H3;7,9-11,14,16,18H,6,8H2,1-5H3;2*1H4. The first-order chi connectivity index (χ1) is 59.0. The molecule has 6 aliphatic carbocycles. The van der Waals surface area contributed by atoms with Crippen LogP contribution in [0.3, 0.4) is 0 Å². The summed E-state index contributed by atoms with van der Waals surface area (Å²) in [5.74, 6) is 13.9.